The van der Waals surface area contributed by atoms with Crippen molar-refractivity contribution in [3.8, 4) is 0 Å². The maximum absolute atomic E-state index is 11.7. The summed E-state index contributed by atoms with van der Waals surface area (Å²) >= 11 is 0. The number of ketones is 1. The minimum atomic E-state index is -0.512. The molecule has 98 valence electrons. The van der Waals surface area contributed by atoms with Gasteiger partial charge in [0, 0.05) is 17.7 Å². The first-order chi connectivity index (χ1) is 9.16. The highest BCUT2D eigenvalue weighted by Crippen LogP contribution is 2.12. The van der Waals surface area contributed by atoms with Crippen LogP contribution in [0.3, 0.4) is 0 Å². The molecular weight excluding hydrogens is 250 g/mol. The second-order valence-corrected chi connectivity index (χ2v) is 3.80. The zero-order chi connectivity index (χ0) is 13.7. The Morgan fingerprint density at radius 3 is 2.58 bits per heavy atom. The van der Waals surface area contributed by atoms with Crippen LogP contribution in [0.5, 0.6) is 0 Å². The van der Waals surface area contributed by atoms with E-state index in [4.69, 9.17) is 9.15 Å². The summed E-state index contributed by atoms with van der Waals surface area (Å²) in [4.78, 5) is 21.7. The Labute approximate surface area is 108 Å². The summed E-state index contributed by atoms with van der Waals surface area (Å²) in [6.45, 7) is 0.115. The molecule has 0 amide bonds. The van der Waals surface area contributed by atoms with Gasteiger partial charge in [-0.05, 0) is 24.3 Å². The van der Waals surface area contributed by atoms with Crippen LogP contribution in [0, 0.1) is 10.1 Å². The van der Waals surface area contributed by atoms with E-state index in [0.29, 0.717) is 11.3 Å². The first kappa shape index (κ1) is 13.0. The molecule has 0 radical (unpaired) electrons. The molecule has 0 bridgehead atoms. The standard InChI is InChI=1S/C13H11NO5/c15-13(9-18-8-12-2-1-7-19-12)10-3-5-11(6-4-10)14(16)17/h1-7H,8-9H2. The predicted molar refractivity (Wildman–Crippen MR) is 65.8 cm³/mol. The van der Waals surface area contributed by atoms with Gasteiger partial charge in [0.15, 0.2) is 5.78 Å². The summed E-state index contributed by atoms with van der Waals surface area (Å²) in [7, 11) is 0. The van der Waals surface area contributed by atoms with Gasteiger partial charge in [-0.15, -0.1) is 0 Å². The van der Waals surface area contributed by atoms with Gasteiger partial charge in [-0.2, -0.15) is 0 Å². The fraction of sp³-hybridized carbons (Fsp3) is 0.154. The van der Waals surface area contributed by atoms with Crippen molar-refractivity contribution in [2.75, 3.05) is 6.61 Å². The molecule has 0 atom stereocenters. The van der Waals surface area contributed by atoms with E-state index in [2.05, 4.69) is 0 Å². The molecule has 0 aliphatic rings. The van der Waals surface area contributed by atoms with E-state index in [1.54, 1.807) is 12.1 Å². The highest BCUT2D eigenvalue weighted by Gasteiger charge is 2.09. The lowest BCUT2D eigenvalue weighted by Crippen LogP contribution is -2.08. The van der Waals surface area contributed by atoms with E-state index >= 15 is 0 Å². The smallest absolute Gasteiger partial charge is 0.269 e. The zero-order valence-electron chi connectivity index (χ0n) is 9.94. The lowest BCUT2D eigenvalue weighted by Gasteiger charge is -2.02. The Kier molecular flexibility index (Phi) is 4.04. The van der Waals surface area contributed by atoms with E-state index < -0.39 is 4.92 Å². The number of nitro groups is 1. The average molecular weight is 261 g/mol. The number of nitrogens with zero attached hydrogens (tertiary/aromatic N) is 1. The lowest BCUT2D eigenvalue weighted by molar-refractivity contribution is -0.384. The number of hydrogen-bond acceptors (Lipinski definition) is 5. The summed E-state index contributed by atoms with van der Waals surface area (Å²) in [5.74, 6) is 0.401. The fourth-order valence-electron chi connectivity index (χ4n) is 1.49. The molecule has 19 heavy (non-hydrogen) atoms. The number of carbonyl (C=O) groups excluding carboxylic acids is 1. The molecule has 2 aromatic rings. The number of rotatable bonds is 6. The highest BCUT2D eigenvalue weighted by molar-refractivity contribution is 5.97. The molecule has 0 unspecified atom stereocenters. The number of benzene rings is 1. The molecule has 6 nitrogen and oxygen atoms in total. The molecule has 0 aliphatic heterocycles. The molecule has 6 heteroatoms. The molecule has 1 heterocycles. The van der Waals surface area contributed by atoms with Crippen molar-refractivity contribution in [1.82, 2.24) is 0 Å². The van der Waals surface area contributed by atoms with Crippen LogP contribution in [0.1, 0.15) is 16.1 Å². The maximum atomic E-state index is 11.7. The van der Waals surface area contributed by atoms with E-state index in [1.165, 1.54) is 30.5 Å². The third-order valence-corrected chi connectivity index (χ3v) is 2.46. The summed E-state index contributed by atoms with van der Waals surface area (Å²) < 4.78 is 10.2. The van der Waals surface area contributed by atoms with Crippen LogP contribution in [0.2, 0.25) is 0 Å². The molecular formula is C13H11NO5. The van der Waals surface area contributed by atoms with Crippen LogP contribution in [-0.4, -0.2) is 17.3 Å². The van der Waals surface area contributed by atoms with Crippen molar-refractivity contribution in [3.05, 3.63) is 64.1 Å². The summed E-state index contributed by atoms with van der Waals surface area (Å²) in [6, 6.07) is 8.89. The molecule has 0 spiro atoms. The third kappa shape index (κ3) is 3.49. The highest BCUT2D eigenvalue weighted by atomic mass is 16.6. The van der Waals surface area contributed by atoms with Gasteiger partial charge in [-0.1, -0.05) is 0 Å². The maximum Gasteiger partial charge on any atom is 0.269 e. The normalized spacial score (nSPS) is 10.3. The first-order valence-electron chi connectivity index (χ1n) is 5.54. The van der Waals surface area contributed by atoms with Crippen molar-refractivity contribution in [2.45, 2.75) is 6.61 Å². The number of non-ortho nitro benzene ring substituents is 1. The largest absolute Gasteiger partial charge is 0.467 e. The third-order valence-electron chi connectivity index (χ3n) is 2.46. The number of carbonyl (C=O) groups is 1. The molecule has 0 aliphatic carbocycles. The van der Waals surface area contributed by atoms with Crippen molar-refractivity contribution in [1.29, 1.82) is 0 Å². The number of Topliss-reactive ketones (excluding diaryl/α,β-unsaturated/α-hetero) is 1. The van der Waals surface area contributed by atoms with Crippen LogP contribution in [0.4, 0.5) is 5.69 Å². The van der Waals surface area contributed by atoms with Gasteiger partial charge in [0.25, 0.3) is 5.69 Å². The van der Waals surface area contributed by atoms with Crippen LogP contribution in [-0.2, 0) is 11.3 Å². The Bertz CT molecular complexity index is 559. The molecule has 1 aromatic heterocycles. The molecule has 0 fully saturated rings. The minimum absolute atomic E-state index is 0.0481. The number of ether oxygens (including phenoxy) is 1. The topological polar surface area (TPSA) is 82.6 Å². The van der Waals surface area contributed by atoms with Crippen molar-refractivity contribution in [2.24, 2.45) is 0 Å². The van der Waals surface area contributed by atoms with E-state index in [1.807, 2.05) is 0 Å². The summed E-state index contributed by atoms with van der Waals surface area (Å²) in [5.41, 5.74) is 0.332. The average Bonchev–Trinajstić information content (AvgIpc) is 2.92. The summed E-state index contributed by atoms with van der Waals surface area (Å²) in [6.07, 6.45) is 1.52. The zero-order valence-corrected chi connectivity index (χ0v) is 9.94. The van der Waals surface area contributed by atoms with Gasteiger partial charge in [0.1, 0.15) is 19.0 Å². The number of hydrogen-bond donors (Lipinski definition) is 0. The lowest BCUT2D eigenvalue weighted by atomic mass is 10.1. The minimum Gasteiger partial charge on any atom is -0.467 e. The predicted octanol–water partition coefficient (Wildman–Crippen LogP) is 2.59. The number of nitro benzene ring substituents is 1. The molecule has 0 saturated heterocycles. The van der Waals surface area contributed by atoms with Gasteiger partial charge in [0.05, 0.1) is 11.2 Å². The Morgan fingerprint density at radius 2 is 2.00 bits per heavy atom. The van der Waals surface area contributed by atoms with Crippen LogP contribution < -0.4 is 0 Å². The Morgan fingerprint density at radius 1 is 1.26 bits per heavy atom. The van der Waals surface area contributed by atoms with Crippen molar-refractivity contribution in [3.63, 3.8) is 0 Å². The van der Waals surface area contributed by atoms with Gasteiger partial charge in [-0.3, -0.25) is 14.9 Å². The second kappa shape index (κ2) is 5.92. The Balaban J connectivity index is 1.87. The van der Waals surface area contributed by atoms with Gasteiger partial charge in [0.2, 0.25) is 0 Å². The van der Waals surface area contributed by atoms with Crippen LogP contribution >= 0.6 is 0 Å². The molecule has 0 saturated carbocycles. The van der Waals surface area contributed by atoms with E-state index in [-0.39, 0.29) is 24.7 Å². The fourth-order valence-corrected chi connectivity index (χ4v) is 1.49. The quantitative estimate of drug-likeness (QED) is 0.453. The van der Waals surface area contributed by atoms with Gasteiger partial charge in [-0.25, -0.2) is 0 Å². The van der Waals surface area contributed by atoms with Crippen LogP contribution in [0.25, 0.3) is 0 Å². The van der Waals surface area contributed by atoms with E-state index in [9.17, 15) is 14.9 Å². The van der Waals surface area contributed by atoms with Crippen molar-refractivity contribution >= 4 is 11.5 Å². The molecule has 1 aromatic carbocycles. The monoisotopic (exact) mass is 261 g/mol. The van der Waals surface area contributed by atoms with Gasteiger partial charge < -0.3 is 9.15 Å². The van der Waals surface area contributed by atoms with E-state index in [0.717, 1.165) is 0 Å². The number of furan rings is 1. The first-order valence-corrected chi connectivity index (χ1v) is 5.54. The molecule has 0 N–H and O–H groups in total. The second-order valence-electron chi connectivity index (χ2n) is 3.80. The van der Waals surface area contributed by atoms with Crippen molar-refractivity contribution < 1.29 is 18.9 Å². The summed E-state index contributed by atoms with van der Waals surface area (Å²) in [5, 5.41) is 10.5. The van der Waals surface area contributed by atoms with Gasteiger partial charge >= 0.3 is 0 Å². The van der Waals surface area contributed by atoms with Crippen LogP contribution in [0.15, 0.2) is 47.1 Å². The molecule has 2 rings (SSSR count). The Hall–Kier alpha value is -2.47. The SMILES string of the molecule is O=C(COCc1ccco1)c1ccc([N+](=O)[O-])cc1.